The molecule has 6 nitrogen and oxygen atoms in total. The van der Waals surface area contributed by atoms with Crippen molar-refractivity contribution in [3.63, 3.8) is 0 Å². The van der Waals surface area contributed by atoms with E-state index in [0.29, 0.717) is 5.69 Å². The maximum atomic E-state index is 10.7. The molecule has 0 spiro atoms. The lowest BCUT2D eigenvalue weighted by Crippen LogP contribution is -2.07. The summed E-state index contributed by atoms with van der Waals surface area (Å²) in [5.74, 6) is -0.140. The van der Waals surface area contributed by atoms with E-state index < -0.39 is 11.4 Å². The minimum Gasteiger partial charge on any atom is -0.396 e. The molecule has 1 atom stereocenters. The Kier molecular flexibility index (Phi) is 3.64. The number of carbonyl (C=O) groups excluding carboxylic acids is 1. The van der Waals surface area contributed by atoms with Crippen LogP contribution in [0.4, 0.5) is 11.4 Å². The van der Waals surface area contributed by atoms with Crippen LogP contribution >= 0.6 is 0 Å². The molecular weight excluding hydrogens is 220 g/mol. The van der Waals surface area contributed by atoms with Crippen LogP contribution in [0.1, 0.15) is 6.92 Å². The first kappa shape index (κ1) is 11.5. The third kappa shape index (κ3) is 3.56. The first-order valence-electron chi connectivity index (χ1n) is 3.95. The molecule has 0 aromatic heterocycles. The van der Waals surface area contributed by atoms with Crippen molar-refractivity contribution in [3.8, 4) is 5.75 Å². The quantitative estimate of drug-likeness (QED) is 0.525. The fourth-order valence-corrected chi connectivity index (χ4v) is 1.29. The standard InChI is InChI=1S/C8H10N2O4S/c1-5(11)10-6-2-3-8(7(9)4-6)14-15(12)13/h2-4H,9H2,1H3,(H,10,11)(H,12,13). The van der Waals surface area contributed by atoms with Crippen LogP contribution in [-0.2, 0) is 16.2 Å². The van der Waals surface area contributed by atoms with Crippen molar-refractivity contribution < 1.29 is 17.7 Å². The highest BCUT2D eigenvalue weighted by atomic mass is 32.2. The average molecular weight is 230 g/mol. The number of benzene rings is 1. The molecule has 15 heavy (non-hydrogen) atoms. The van der Waals surface area contributed by atoms with E-state index in [1.165, 1.54) is 25.1 Å². The summed E-state index contributed by atoms with van der Waals surface area (Å²) in [6, 6.07) is 4.35. The number of rotatable bonds is 3. The molecule has 0 heterocycles. The minimum atomic E-state index is -2.41. The van der Waals surface area contributed by atoms with Crippen molar-refractivity contribution in [2.24, 2.45) is 0 Å². The Hall–Kier alpha value is -1.60. The zero-order valence-electron chi connectivity index (χ0n) is 7.89. The van der Waals surface area contributed by atoms with E-state index in [-0.39, 0.29) is 17.3 Å². The van der Waals surface area contributed by atoms with Gasteiger partial charge in [0.05, 0.1) is 5.69 Å². The smallest absolute Gasteiger partial charge is 0.357 e. The normalized spacial score (nSPS) is 11.9. The summed E-state index contributed by atoms with van der Waals surface area (Å²) in [6.45, 7) is 1.36. The van der Waals surface area contributed by atoms with Crippen LogP contribution in [0.2, 0.25) is 0 Å². The van der Waals surface area contributed by atoms with Crippen LogP contribution in [-0.4, -0.2) is 14.7 Å². The van der Waals surface area contributed by atoms with E-state index in [9.17, 15) is 9.00 Å². The third-order valence-electron chi connectivity index (χ3n) is 1.49. The Morgan fingerprint density at radius 1 is 1.60 bits per heavy atom. The van der Waals surface area contributed by atoms with Crippen LogP contribution in [0.5, 0.6) is 5.75 Å². The zero-order valence-corrected chi connectivity index (χ0v) is 8.71. The molecule has 0 aliphatic carbocycles. The Morgan fingerprint density at radius 2 is 2.27 bits per heavy atom. The molecule has 4 N–H and O–H groups in total. The molecule has 82 valence electrons. The molecule has 7 heteroatoms. The van der Waals surface area contributed by atoms with Gasteiger partial charge in [-0.15, -0.1) is 0 Å². The molecule has 0 radical (unpaired) electrons. The first-order valence-corrected chi connectivity index (χ1v) is 4.98. The maximum Gasteiger partial charge on any atom is 0.357 e. The van der Waals surface area contributed by atoms with Gasteiger partial charge in [0.15, 0.2) is 5.75 Å². The van der Waals surface area contributed by atoms with Gasteiger partial charge in [0.2, 0.25) is 5.91 Å². The lowest BCUT2D eigenvalue weighted by Gasteiger charge is -2.07. The predicted octanol–water partition coefficient (Wildman–Crippen LogP) is 0.743. The average Bonchev–Trinajstić information content (AvgIpc) is 2.08. The van der Waals surface area contributed by atoms with Crippen molar-refractivity contribution >= 4 is 28.6 Å². The van der Waals surface area contributed by atoms with Crippen molar-refractivity contribution in [2.75, 3.05) is 11.1 Å². The molecule has 0 aliphatic rings. The predicted molar refractivity (Wildman–Crippen MR) is 56.6 cm³/mol. The van der Waals surface area contributed by atoms with Crippen LogP contribution in [0.3, 0.4) is 0 Å². The van der Waals surface area contributed by atoms with Crippen molar-refractivity contribution in [1.29, 1.82) is 0 Å². The Balaban J connectivity index is 2.87. The number of hydrogen-bond acceptors (Lipinski definition) is 4. The summed E-state index contributed by atoms with van der Waals surface area (Å²) < 4.78 is 23.3. The van der Waals surface area contributed by atoms with Crippen molar-refractivity contribution in [1.82, 2.24) is 0 Å². The molecule has 1 unspecified atom stereocenters. The summed E-state index contributed by atoms with van der Waals surface area (Å²) in [4.78, 5) is 10.7. The summed E-state index contributed by atoms with van der Waals surface area (Å²) in [6.07, 6.45) is 0. The Morgan fingerprint density at radius 3 is 2.73 bits per heavy atom. The van der Waals surface area contributed by atoms with Crippen molar-refractivity contribution in [3.05, 3.63) is 18.2 Å². The SMILES string of the molecule is CC(=O)Nc1ccc(OS(=O)O)c(N)c1. The highest BCUT2D eigenvalue weighted by Crippen LogP contribution is 2.25. The molecule has 0 saturated carbocycles. The third-order valence-corrected chi connectivity index (χ3v) is 1.81. The van der Waals surface area contributed by atoms with E-state index in [0.717, 1.165) is 0 Å². The van der Waals surface area contributed by atoms with E-state index in [1.54, 1.807) is 0 Å². The number of carbonyl (C=O) groups is 1. The number of nitrogens with one attached hydrogen (secondary N) is 1. The van der Waals surface area contributed by atoms with Gasteiger partial charge in [-0.2, -0.15) is 4.21 Å². The number of hydrogen-bond donors (Lipinski definition) is 3. The highest BCUT2D eigenvalue weighted by Gasteiger charge is 2.05. The minimum absolute atomic E-state index is 0.0879. The van der Waals surface area contributed by atoms with Gasteiger partial charge in [0.1, 0.15) is 0 Å². The monoisotopic (exact) mass is 230 g/mol. The van der Waals surface area contributed by atoms with E-state index in [2.05, 4.69) is 9.50 Å². The fraction of sp³-hybridized carbons (Fsp3) is 0.125. The lowest BCUT2D eigenvalue weighted by molar-refractivity contribution is -0.114. The first-order chi connectivity index (χ1) is 6.99. The van der Waals surface area contributed by atoms with Gasteiger partial charge < -0.3 is 15.2 Å². The molecule has 1 rings (SSSR count). The van der Waals surface area contributed by atoms with Crippen LogP contribution in [0.15, 0.2) is 18.2 Å². The van der Waals surface area contributed by atoms with Gasteiger partial charge in [-0.05, 0) is 18.2 Å². The van der Waals surface area contributed by atoms with Crippen LogP contribution in [0.25, 0.3) is 0 Å². The molecular formula is C8H10N2O4S. The lowest BCUT2D eigenvalue weighted by atomic mass is 10.2. The summed E-state index contributed by atoms with van der Waals surface area (Å²) in [5, 5.41) is 2.51. The van der Waals surface area contributed by atoms with Crippen LogP contribution in [0, 0.1) is 0 Å². The van der Waals surface area contributed by atoms with Gasteiger partial charge in [-0.3, -0.25) is 9.35 Å². The van der Waals surface area contributed by atoms with Crippen molar-refractivity contribution in [2.45, 2.75) is 6.92 Å². The molecule has 1 amide bonds. The molecule has 1 aromatic carbocycles. The molecule has 0 saturated heterocycles. The second kappa shape index (κ2) is 4.76. The van der Waals surface area contributed by atoms with Gasteiger partial charge in [-0.25, -0.2) is 0 Å². The fourth-order valence-electron chi connectivity index (χ4n) is 0.982. The second-order valence-electron chi connectivity index (χ2n) is 2.73. The summed E-state index contributed by atoms with van der Waals surface area (Å²) in [5.41, 5.74) is 6.19. The van der Waals surface area contributed by atoms with E-state index in [4.69, 9.17) is 10.3 Å². The summed E-state index contributed by atoms with van der Waals surface area (Å²) in [7, 11) is 0. The van der Waals surface area contributed by atoms with Gasteiger partial charge >= 0.3 is 11.4 Å². The number of nitrogens with two attached hydrogens (primary N) is 1. The van der Waals surface area contributed by atoms with Gasteiger partial charge in [0, 0.05) is 12.6 Å². The van der Waals surface area contributed by atoms with E-state index >= 15 is 0 Å². The number of nitrogen functional groups attached to an aromatic ring is 1. The number of anilines is 2. The topological polar surface area (TPSA) is 102 Å². The molecule has 0 fully saturated rings. The second-order valence-corrected chi connectivity index (χ2v) is 3.34. The summed E-state index contributed by atoms with van der Waals surface area (Å²) >= 11 is -2.41. The zero-order chi connectivity index (χ0) is 11.4. The largest absolute Gasteiger partial charge is 0.396 e. The van der Waals surface area contributed by atoms with E-state index in [1.807, 2.05) is 0 Å². The Labute approximate surface area is 88.9 Å². The molecule has 0 aliphatic heterocycles. The number of amides is 1. The highest BCUT2D eigenvalue weighted by molar-refractivity contribution is 7.74. The maximum absolute atomic E-state index is 10.7. The van der Waals surface area contributed by atoms with Gasteiger partial charge in [-0.1, -0.05) is 0 Å². The molecule has 0 bridgehead atoms. The molecule has 1 aromatic rings. The van der Waals surface area contributed by atoms with Gasteiger partial charge in [0.25, 0.3) is 0 Å². The van der Waals surface area contributed by atoms with Crippen LogP contribution < -0.4 is 15.2 Å². The Bertz CT molecular complexity index is 408.